The second-order valence-electron chi connectivity index (χ2n) is 8.69. The molecule has 5 rings (SSSR count). The molecule has 1 heterocycles. The highest BCUT2D eigenvalue weighted by Crippen LogP contribution is 2.43. The van der Waals surface area contributed by atoms with Gasteiger partial charge < -0.3 is 9.47 Å². The summed E-state index contributed by atoms with van der Waals surface area (Å²) in [5.41, 5.74) is 5.39. The lowest BCUT2D eigenvalue weighted by atomic mass is 9.99. The Balaban J connectivity index is 1.36. The van der Waals surface area contributed by atoms with E-state index in [0.717, 1.165) is 33.6 Å². The Labute approximate surface area is 208 Å². The van der Waals surface area contributed by atoms with Crippen LogP contribution < -0.4 is 10.1 Å². The van der Waals surface area contributed by atoms with E-state index in [2.05, 4.69) is 29.6 Å². The first-order valence-corrected chi connectivity index (χ1v) is 12.4. The summed E-state index contributed by atoms with van der Waals surface area (Å²) >= 11 is 0.965. The van der Waals surface area contributed by atoms with Crippen LogP contribution in [-0.2, 0) is 4.74 Å². The molecule has 178 valence electrons. The minimum atomic E-state index is -0.639. The average molecular weight is 488 g/mol. The number of anilines is 1. The van der Waals surface area contributed by atoms with Crippen molar-refractivity contribution in [1.29, 1.82) is 0 Å². The molecular weight excluding hydrogens is 461 g/mol. The van der Waals surface area contributed by atoms with Gasteiger partial charge in [-0.15, -0.1) is 11.3 Å². The second-order valence-corrected chi connectivity index (χ2v) is 9.69. The zero-order valence-corrected chi connectivity index (χ0v) is 20.4. The molecule has 1 aliphatic carbocycles. The lowest BCUT2D eigenvalue weighted by Crippen LogP contribution is -2.16. The summed E-state index contributed by atoms with van der Waals surface area (Å²) in [6.07, 6.45) is 1.46. The lowest BCUT2D eigenvalue weighted by Gasteiger charge is -2.15. The molecule has 1 atom stereocenters. The summed E-state index contributed by atoms with van der Waals surface area (Å²) < 4.78 is 25.5. The van der Waals surface area contributed by atoms with Crippen molar-refractivity contribution >= 4 is 23.1 Å². The molecule has 1 amide bonds. The van der Waals surface area contributed by atoms with Crippen LogP contribution in [0.5, 0.6) is 5.75 Å². The summed E-state index contributed by atoms with van der Waals surface area (Å²) in [5.74, 6) is 1.39. The zero-order chi connectivity index (χ0) is 24.4. The fraction of sp³-hybridized carbons (Fsp3) is 0.207. The van der Waals surface area contributed by atoms with E-state index in [1.54, 1.807) is 14.0 Å². The van der Waals surface area contributed by atoms with Crippen molar-refractivity contribution in [1.82, 2.24) is 0 Å². The van der Waals surface area contributed by atoms with Gasteiger partial charge in [0, 0.05) is 11.6 Å². The Morgan fingerprint density at radius 2 is 1.71 bits per heavy atom. The number of amides is 1. The molecule has 1 aromatic heterocycles. The standard InChI is InChI=1S/C29H26FNO3S/c1-18(19-6-4-3-5-7-19)34-29(32)31-25-17-27(30)35-28(25)23-14-15-24(26(16-23)33-2)22-12-10-21(11-13-22)20-8-9-20/h3-7,10-18,20H,8-9H2,1-2H3,(H,31,32)/t18-/m1/s1. The number of hydrogen-bond acceptors (Lipinski definition) is 4. The van der Waals surface area contributed by atoms with Crippen LogP contribution in [0, 0.1) is 5.13 Å². The minimum Gasteiger partial charge on any atom is -0.496 e. The van der Waals surface area contributed by atoms with Gasteiger partial charge in [0.15, 0.2) is 5.13 Å². The molecule has 6 heteroatoms. The Kier molecular flexibility index (Phi) is 6.55. The quantitative estimate of drug-likeness (QED) is 0.285. The predicted molar refractivity (Wildman–Crippen MR) is 139 cm³/mol. The molecule has 4 nitrogen and oxygen atoms in total. The third-order valence-electron chi connectivity index (χ3n) is 6.23. The van der Waals surface area contributed by atoms with E-state index in [0.29, 0.717) is 22.2 Å². The minimum absolute atomic E-state index is 0.362. The molecule has 0 spiro atoms. The van der Waals surface area contributed by atoms with E-state index in [1.807, 2.05) is 48.5 Å². The van der Waals surface area contributed by atoms with Gasteiger partial charge in [0.25, 0.3) is 0 Å². The highest BCUT2D eigenvalue weighted by Gasteiger charge is 2.23. The Hall–Kier alpha value is -3.64. The van der Waals surface area contributed by atoms with Crippen LogP contribution in [0.15, 0.2) is 78.9 Å². The molecule has 1 fully saturated rings. The van der Waals surface area contributed by atoms with Crippen molar-refractivity contribution < 1.29 is 18.7 Å². The van der Waals surface area contributed by atoms with Gasteiger partial charge in [0.2, 0.25) is 0 Å². The molecule has 1 saturated carbocycles. The molecule has 0 saturated heterocycles. The van der Waals surface area contributed by atoms with Gasteiger partial charge >= 0.3 is 6.09 Å². The van der Waals surface area contributed by atoms with Gasteiger partial charge in [-0.1, -0.05) is 66.7 Å². The fourth-order valence-corrected chi connectivity index (χ4v) is 5.02. The monoisotopic (exact) mass is 487 g/mol. The van der Waals surface area contributed by atoms with Gasteiger partial charge in [-0.3, -0.25) is 5.32 Å². The molecule has 0 bridgehead atoms. The van der Waals surface area contributed by atoms with Crippen LogP contribution in [0.3, 0.4) is 0 Å². The van der Waals surface area contributed by atoms with Crippen molar-refractivity contribution in [2.24, 2.45) is 0 Å². The van der Waals surface area contributed by atoms with Crippen LogP contribution in [0.2, 0.25) is 0 Å². The first-order chi connectivity index (χ1) is 17.0. The van der Waals surface area contributed by atoms with Crippen LogP contribution >= 0.6 is 11.3 Å². The maximum atomic E-state index is 14.3. The summed E-state index contributed by atoms with van der Waals surface area (Å²) in [6, 6.07) is 25.1. The Morgan fingerprint density at radius 3 is 2.40 bits per heavy atom. The topological polar surface area (TPSA) is 47.6 Å². The van der Waals surface area contributed by atoms with Gasteiger partial charge in [0.1, 0.15) is 11.9 Å². The largest absolute Gasteiger partial charge is 0.496 e. The maximum Gasteiger partial charge on any atom is 0.412 e. The fourth-order valence-electron chi connectivity index (χ4n) is 4.18. The van der Waals surface area contributed by atoms with Crippen molar-refractivity contribution in [3.63, 3.8) is 0 Å². The normalized spacial score (nSPS) is 13.8. The van der Waals surface area contributed by atoms with Crippen LogP contribution in [-0.4, -0.2) is 13.2 Å². The first kappa shape index (κ1) is 23.1. The molecule has 35 heavy (non-hydrogen) atoms. The van der Waals surface area contributed by atoms with E-state index in [4.69, 9.17) is 9.47 Å². The molecule has 0 radical (unpaired) electrons. The van der Waals surface area contributed by atoms with Gasteiger partial charge in [-0.25, -0.2) is 4.79 Å². The number of hydrogen-bond donors (Lipinski definition) is 1. The third kappa shape index (κ3) is 5.23. The highest BCUT2D eigenvalue weighted by molar-refractivity contribution is 7.14. The number of benzene rings is 3. The van der Waals surface area contributed by atoms with Crippen molar-refractivity contribution in [3.05, 3.63) is 95.1 Å². The SMILES string of the molecule is COc1cc(-c2sc(F)cc2NC(=O)O[C@H](C)c2ccccc2)ccc1-c1ccc(C2CC2)cc1. The van der Waals surface area contributed by atoms with Crippen LogP contribution in [0.25, 0.3) is 21.6 Å². The van der Waals surface area contributed by atoms with Crippen LogP contribution in [0.4, 0.5) is 14.9 Å². The number of thiophene rings is 1. The zero-order valence-electron chi connectivity index (χ0n) is 19.6. The number of ether oxygens (including phenoxy) is 2. The molecule has 1 aliphatic rings. The number of halogens is 1. The molecule has 1 N–H and O–H groups in total. The summed E-state index contributed by atoms with van der Waals surface area (Å²) in [7, 11) is 1.62. The molecular formula is C29H26FNO3S. The smallest absolute Gasteiger partial charge is 0.412 e. The van der Waals surface area contributed by atoms with Gasteiger partial charge in [-0.2, -0.15) is 4.39 Å². The Morgan fingerprint density at radius 1 is 1.00 bits per heavy atom. The predicted octanol–water partition coefficient (Wildman–Crippen LogP) is 8.42. The van der Waals surface area contributed by atoms with E-state index < -0.39 is 17.3 Å². The van der Waals surface area contributed by atoms with Crippen LogP contribution in [0.1, 0.15) is 42.9 Å². The van der Waals surface area contributed by atoms with Crippen molar-refractivity contribution in [2.75, 3.05) is 12.4 Å². The first-order valence-electron chi connectivity index (χ1n) is 11.6. The molecule has 4 aromatic rings. The summed E-state index contributed by atoms with van der Waals surface area (Å²) in [5, 5.41) is 2.31. The second kappa shape index (κ2) is 9.92. The lowest BCUT2D eigenvalue weighted by molar-refractivity contribution is 0.121. The van der Waals surface area contributed by atoms with Gasteiger partial charge in [0.05, 0.1) is 17.7 Å². The number of nitrogens with one attached hydrogen (secondary N) is 1. The van der Waals surface area contributed by atoms with E-state index in [9.17, 15) is 9.18 Å². The van der Waals surface area contributed by atoms with E-state index >= 15 is 0 Å². The number of methoxy groups -OCH3 is 1. The van der Waals surface area contributed by atoms with Crippen molar-refractivity contribution in [2.45, 2.75) is 31.8 Å². The van der Waals surface area contributed by atoms with Crippen molar-refractivity contribution in [3.8, 4) is 27.3 Å². The summed E-state index contributed by atoms with van der Waals surface area (Å²) in [6.45, 7) is 1.80. The van der Waals surface area contributed by atoms with Gasteiger partial charge in [-0.05, 0) is 54.0 Å². The maximum absolute atomic E-state index is 14.3. The molecule has 3 aromatic carbocycles. The third-order valence-corrected chi connectivity index (χ3v) is 7.20. The summed E-state index contributed by atoms with van der Waals surface area (Å²) in [4.78, 5) is 13.2. The highest BCUT2D eigenvalue weighted by atomic mass is 32.1. The van der Waals surface area contributed by atoms with E-state index in [-0.39, 0.29) is 0 Å². The number of rotatable bonds is 7. The molecule has 0 aliphatic heterocycles. The number of carbonyl (C=O) groups excluding carboxylic acids is 1. The molecule has 0 unspecified atom stereocenters. The number of carbonyl (C=O) groups is 1. The Bertz CT molecular complexity index is 1330. The average Bonchev–Trinajstić information content (AvgIpc) is 3.67. The van der Waals surface area contributed by atoms with E-state index in [1.165, 1.54) is 24.5 Å².